The molecule has 2 N–H and O–H groups in total. The highest BCUT2D eigenvalue weighted by Crippen LogP contribution is 2.43. The summed E-state index contributed by atoms with van der Waals surface area (Å²) in [6.07, 6.45) is 0. The van der Waals surface area contributed by atoms with Crippen molar-refractivity contribution in [1.82, 2.24) is 0 Å². The number of aryl methyl sites for hydroxylation is 2. The van der Waals surface area contributed by atoms with Crippen LogP contribution in [0.3, 0.4) is 0 Å². The minimum absolute atomic E-state index is 0.0161. The molecule has 0 bridgehead atoms. The van der Waals surface area contributed by atoms with Crippen molar-refractivity contribution < 1.29 is 24.5 Å². The van der Waals surface area contributed by atoms with E-state index in [-0.39, 0.29) is 17.1 Å². The average Bonchev–Trinajstić information content (AvgIpc) is 3.07. The van der Waals surface area contributed by atoms with E-state index in [1.165, 1.54) is 17.0 Å². The van der Waals surface area contributed by atoms with Crippen LogP contribution in [-0.4, -0.2) is 28.5 Å². The Bertz CT molecular complexity index is 1260. The van der Waals surface area contributed by atoms with Crippen molar-refractivity contribution in [3.63, 3.8) is 0 Å². The van der Waals surface area contributed by atoms with E-state index in [4.69, 9.17) is 4.74 Å². The van der Waals surface area contributed by atoms with Gasteiger partial charge in [-0.15, -0.1) is 0 Å². The first-order valence-electron chi connectivity index (χ1n) is 10.7. The van der Waals surface area contributed by atoms with Gasteiger partial charge in [0, 0.05) is 11.3 Å². The van der Waals surface area contributed by atoms with E-state index in [0.29, 0.717) is 29.2 Å². The maximum atomic E-state index is 13.2. The van der Waals surface area contributed by atoms with Gasteiger partial charge in [-0.1, -0.05) is 30.3 Å². The number of aromatic hydroxyl groups is 1. The average molecular weight is 443 g/mol. The van der Waals surface area contributed by atoms with Crippen LogP contribution in [0.4, 0.5) is 5.69 Å². The number of nitrogens with zero attached hydrogens (tertiary/aromatic N) is 1. The minimum Gasteiger partial charge on any atom is -0.508 e. The van der Waals surface area contributed by atoms with E-state index in [1.807, 2.05) is 32.9 Å². The number of anilines is 1. The number of phenols is 1. The molecule has 0 saturated carbocycles. The van der Waals surface area contributed by atoms with Crippen LogP contribution < -0.4 is 9.64 Å². The fraction of sp³-hybridized carbons (Fsp3) is 0.185. The number of aliphatic hydroxyl groups is 1. The minimum atomic E-state index is -0.858. The monoisotopic (exact) mass is 443 g/mol. The molecule has 6 nitrogen and oxygen atoms in total. The number of hydrogen-bond donors (Lipinski definition) is 2. The molecule has 1 aliphatic rings. The first kappa shape index (κ1) is 22.1. The number of phenolic OH excluding ortho intramolecular Hbond substituents is 1. The third-order valence-electron chi connectivity index (χ3n) is 5.84. The zero-order valence-electron chi connectivity index (χ0n) is 18.7. The smallest absolute Gasteiger partial charge is 0.300 e. The van der Waals surface area contributed by atoms with Gasteiger partial charge in [-0.25, -0.2) is 0 Å². The Balaban J connectivity index is 1.93. The highest BCUT2D eigenvalue weighted by atomic mass is 16.5. The number of aliphatic hydroxyl groups excluding tert-OH is 1. The van der Waals surface area contributed by atoms with Crippen LogP contribution in [0.2, 0.25) is 0 Å². The Labute approximate surface area is 192 Å². The van der Waals surface area contributed by atoms with Crippen LogP contribution in [-0.2, 0) is 9.59 Å². The molecular weight excluding hydrogens is 418 g/mol. The fourth-order valence-corrected chi connectivity index (χ4v) is 4.00. The topological polar surface area (TPSA) is 87.1 Å². The van der Waals surface area contributed by atoms with Crippen molar-refractivity contribution in [3.05, 3.63) is 94.6 Å². The highest BCUT2D eigenvalue weighted by Gasteiger charge is 2.47. The molecule has 0 spiro atoms. The molecule has 1 heterocycles. The van der Waals surface area contributed by atoms with Gasteiger partial charge in [0.1, 0.15) is 17.3 Å². The summed E-state index contributed by atoms with van der Waals surface area (Å²) in [6, 6.07) is 17.7. The Morgan fingerprint density at radius 3 is 2.36 bits per heavy atom. The largest absolute Gasteiger partial charge is 0.508 e. The summed E-state index contributed by atoms with van der Waals surface area (Å²) in [5.41, 5.74) is 3.54. The second-order valence-electron chi connectivity index (χ2n) is 7.99. The summed E-state index contributed by atoms with van der Waals surface area (Å²) in [7, 11) is 0. The van der Waals surface area contributed by atoms with Crippen LogP contribution >= 0.6 is 0 Å². The summed E-state index contributed by atoms with van der Waals surface area (Å²) < 4.78 is 5.52. The van der Waals surface area contributed by atoms with E-state index in [2.05, 4.69) is 0 Å². The molecule has 168 valence electrons. The Hall–Kier alpha value is -4.06. The van der Waals surface area contributed by atoms with Crippen LogP contribution in [0.5, 0.6) is 11.5 Å². The molecule has 3 aromatic carbocycles. The van der Waals surface area contributed by atoms with Gasteiger partial charge < -0.3 is 14.9 Å². The molecule has 1 saturated heterocycles. The number of rotatable bonds is 5. The van der Waals surface area contributed by atoms with Crippen molar-refractivity contribution in [2.45, 2.75) is 26.8 Å². The number of Topliss-reactive ketones (excluding diaryl/α,β-unsaturated/α-hetero) is 1. The fourth-order valence-electron chi connectivity index (χ4n) is 4.00. The molecule has 3 aromatic rings. The lowest BCUT2D eigenvalue weighted by Gasteiger charge is -2.26. The molecule has 33 heavy (non-hydrogen) atoms. The lowest BCUT2D eigenvalue weighted by molar-refractivity contribution is -0.132. The first-order chi connectivity index (χ1) is 15.8. The van der Waals surface area contributed by atoms with Gasteiger partial charge in [0.15, 0.2) is 0 Å². The summed E-state index contributed by atoms with van der Waals surface area (Å²) in [5.74, 6) is -1.17. The Morgan fingerprint density at radius 2 is 1.70 bits per heavy atom. The second kappa shape index (κ2) is 8.82. The molecule has 1 amide bonds. The molecule has 1 unspecified atom stereocenters. The summed E-state index contributed by atoms with van der Waals surface area (Å²) in [4.78, 5) is 27.9. The molecule has 0 aromatic heterocycles. The highest BCUT2D eigenvalue weighted by molar-refractivity contribution is 6.51. The van der Waals surface area contributed by atoms with Crippen LogP contribution in [0.25, 0.3) is 5.76 Å². The summed E-state index contributed by atoms with van der Waals surface area (Å²) in [5, 5.41) is 21.0. The van der Waals surface area contributed by atoms with E-state index < -0.39 is 17.7 Å². The Kier molecular flexibility index (Phi) is 5.92. The van der Waals surface area contributed by atoms with Gasteiger partial charge in [0.2, 0.25) is 0 Å². The predicted octanol–water partition coefficient (Wildman–Crippen LogP) is 5.03. The predicted molar refractivity (Wildman–Crippen MR) is 126 cm³/mol. The van der Waals surface area contributed by atoms with E-state index in [9.17, 15) is 19.8 Å². The number of hydrogen-bond acceptors (Lipinski definition) is 5. The number of ketones is 1. The number of amides is 1. The summed E-state index contributed by atoms with van der Waals surface area (Å²) >= 11 is 0. The SMILES string of the molecule is CCOc1cccc(/C(O)=C2\C(=O)C(=O)N(c3ccc(C)c(C)c3)C2c2ccc(O)cc2)c1. The molecule has 0 aliphatic carbocycles. The second-order valence-corrected chi connectivity index (χ2v) is 7.99. The lowest BCUT2D eigenvalue weighted by atomic mass is 9.95. The lowest BCUT2D eigenvalue weighted by Crippen LogP contribution is -2.29. The van der Waals surface area contributed by atoms with Gasteiger partial charge >= 0.3 is 0 Å². The molecular formula is C27H25NO5. The van der Waals surface area contributed by atoms with Crippen LogP contribution in [0, 0.1) is 13.8 Å². The van der Waals surface area contributed by atoms with Gasteiger partial charge in [-0.2, -0.15) is 0 Å². The number of carbonyl (C=O) groups excluding carboxylic acids is 2. The molecule has 1 atom stereocenters. The molecule has 6 heteroatoms. The standard InChI is InChI=1S/C27H25NO5/c1-4-33-22-7-5-6-19(15-22)25(30)23-24(18-9-12-21(29)13-10-18)28(27(32)26(23)31)20-11-8-16(2)17(3)14-20/h5-15,24,29-30H,4H2,1-3H3/b25-23+. The van der Waals surface area contributed by atoms with Gasteiger partial charge in [0.25, 0.3) is 11.7 Å². The van der Waals surface area contributed by atoms with Crippen molar-refractivity contribution in [3.8, 4) is 11.5 Å². The summed E-state index contributed by atoms with van der Waals surface area (Å²) in [6.45, 7) is 6.21. The van der Waals surface area contributed by atoms with E-state index in [0.717, 1.165) is 11.1 Å². The van der Waals surface area contributed by atoms with Crippen molar-refractivity contribution >= 4 is 23.1 Å². The Morgan fingerprint density at radius 1 is 0.970 bits per heavy atom. The van der Waals surface area contributed by atoms with Crippen molar-refractivity contribution in [2.24, 2.45) is 0 Å². The number of benzene rings is 3. The van der Waals surface area contributed by atoms with Gasteiger partial charge in [-0.3, -0.25) is 14.5 Å². The zero-order valence-corrected chi connectivity index (χ0v) is 18.7. The number of ether oxygens (including phenoxy) is 1. The van der Waals surface area contributed by atoms with Crippen molar-refractivity contribution in [1.29, 1.82) is 0 Å². The number of carbonyl (C=O) groups is 2. The molecule has 1 fully saturated rings. The molecule has 1 aliphatic heterocycles. The zero-order chi connectivity index (χ0) is 23.7. The third kappa shape index (κ3) is 4.07. The van der Waals surface area contributed by atoms with E-state index in [1.54, 1.807) is 42.5 Å². The normalized spacial score (nSPS) is 17.4. The van der Waals surface area contributed by atoms with Crippen molar-refractivity contribution in [2.75, 3.05) is 11.5 Å². The molecule has 0 radical (unpaired) electrons. The maximum absolute atomic E-state index is 13.2. The van der Waals surface area contributed by atoms with Crippen LogP contribution in [0.15, 0.2) is 72.3 Å². The van der Waals surface area contributed by atoms with E-state index >= 15 is 0 Å². The maximum Gasteiger partial charge on any atom is 0.300 e. The quantitative estimate of drug-likeness (QED) is 0.328. The molecule has 4 rings (SSSR count). The van der Waals surface area contributed by atoms with Crippen LogP contribution in [0.1, 0.15) is 35.2 Å². The first-order valence-corrected chi connectivity index (χ1v) is 10.7. The van der Waals surface area contributed by atoms with Gasteiger partial charge in [0.05, 0.1) is 18.2 Å². The van der Waals surface area contributed by atoms with Gasteiger partial charge in [-0.05, 0) is 73.9 Å². The third-order valence-corrected chi connectivity index (χ3v) is 5.84.